The van der Waals surface area contributed by atoms with Gasteiger partial charge in [-0.25, -0.2) is 0 Å². The van der Waals surface area contributed by atoms with Gasteiger partial charge in [0.05, 0.1) is 4.34 Å². The first kappa shape index (κ1) is 16.5. The van der Waals surface area contributed by atoms with Crippen LogP contribution in [0.15, 0.2) is 41.8 Å². The van der Waals surface area contributed by atoms with Crippen molar-refractivity contribution in [1.29, 1.82) is 0 Å². The molecule has 0 spiro atoms. The Bertz CT molecular complexity index is 556. The van der Waals surface area contributed by atoms with Crippen molar-refractivity contribution in [3.63, 3.8) is 0 Å². The highest BCUT2D eigenvalue weighted by atomic mass is 35.5. The lowest BCUT2D eigenvalue weighted by atomic mass is 9.85. The van der Waals surface area contributed by atoms with Gasteiger partial charge >= 0.3 is 0 Å². The molecule has 0 aliphatic heterocycles. The second-order valence-corrected chi connectivity index (χ2v) is 8.34. The first-order valence-corrected chi connectivity index (χ1v) is 8.66. The molecular formula is C18H24ClNS. The molecule has 21 heavy (non-hydrogen) atoms. The topological polar surface area (TPSA) is 12.0 Å². The number of hydrogen-bond donors (Lipinski definition) is 1. The molecule has 1 aromatic heterocycles. The van der Waals surface area contributed by atoms with Gasteiger partial charge in [-0.3, -0.25) is 0 Å². The Morgan fingerprint density at radius 2 is 1.81 bits per heavy atom. The van der Waals surface area contributed by atoms with Crippen LogP contribution < -0.4 is 5.32 Å². The van der Waals surface area contributed by atoms with Crippen molar-refractivity contribution in [2.24, 2.45) is 5.41 Å². The first-order chi connectivity index (χ1) is 9.85. The van der Waals surface area contributed by atoms with E-state index >= 15 is 0 Å². The third kappa shape index (κ3) is 5.14. The van der Waals surface area contributed by atoms with Gasteiger partial charge in [0.25, 0.3) is 0 Å². The molecule has 1 N–H and O–H groups in total. The molecule has 2 unspecified atom stereocenters. The largest absolute Gasteiger partial charge is 0.303 e. The van der Waals surface area contributed by atoms with Crippen LogP contribution in [0.3, 0.4) is 0 Å². The summed E-state index contributed by atoms with van der Waals surface area (Å²) in [6.45, 7) is 9.07. The summed E-state index contributed by atoms with van der Waals surface area (Å²) >= 11 is 7.65. The van der Waals surface area contributed by atoms with Crippen molar-refractivity contribution in [3.05, 3.63) is 57.2 Å². The lowest BCUT2D eigenvalue weighted by Crippen LogP contribution is -2.28. The van der Waals surface area contributed by atoms with E-state index in [1.165, 1.54) is 11.1 Å². The minimum absolute atomic E-state index is 0.277. The van der Waals surface area contributed by atoms with Crippen molar-refractivity contribution >= 4 is 22.9 Å². The lowest BCUT2D eigenvalue weighted by molar-refractivity contribution is 0.297. The van der Waals surface area contributed by atoms with Crippen LogP contribution in [0, 0.1) is 5.41 Å². The van der Waals surface area contributed by atoms with Gasteiger partial charge in [-0.15, -0.1) is 11.3 Å². The average Bonchev–Trinajstić information content (AvgIpc) is 2.84. The Labute approximate surface area is 137 Å². The fourth-order valence-corrected chi connectivity index (χ4v) is 3.50. The van der Waals surface area contributed by atoms with E-state index < -0.39 is 0 Å². The Morgan fingerprint density at radius 3 is 2.33 bits per heavy atom. The Hall–Kier alpha value is -0.830. The average molecular weight is 322 g/mol. The van der Waals surface area contributed by atoms with Crippen molar-refractivity contribution in [2.45, 2.75) is 46.2 Å². The maximum Gasteiger partial charge on any atom is 0.0931 e. The van der Waals surface area contributed by atoms with Crippen LogP contribution in [0.25, 0.3) is 0 Å². The van der Waals surface area contributed by atoms with Crippen molar-refractivity contribution in [1.82, 2.24) is 5.32 Å². The van der Waals surface area contributed by atoms with Crippen LogP contribution >= 0.6 is 22.9 Å². The normalized spacial score (nSPS) is 14.9. The molecule has 1 nitrogen and oxygen atoms in total. The summed E-state index contributed by atoms with van der Waals surface area (Å²) in [7, 11) is 0. The predicted octanol–water partition coefficient (Wildman–Crippen LogP) is 6.23. The quantitative estimate of drug-likeness (QED) is 0.688. The zero-order chi connectivity index (χ0) is 15.5. The monoisotopic (exact) mass is 321 g/mol. The van der Waals surface area contributed by atoms with Crippen LogP contribution in [0.5, 0.6) is 0 Å². The van der Waals surface area contributed by atoms with Crippen LogP contribution in [0.4, 0.5) is 0 Å². The number of halogens is 1. The van der Waals surface area contributed by atoms with Crippen LogP contribution in [-0.4, -0.2) is 0 Å². The van der Waals surface area contributed by atoms with Gasteiger partial charge in [-0.05, 0) is 41.3 Å². The molecule has 114 valence electrons. The molecule has 0 fully saturated rings. The van der Waals surface area contributed by atoms with Crippen LogP contribution in [0.2, 0.25) is 4.34 Å². The molecule has 0 radical (unpaired) electrons. The molecule has 0 saturated heterocycles. The van der Waals surface area contributed by atoms with E-state index in [0.29, 0.717) is 12.1 Å². The Kier molecular flexibility index (Phi) is 5.48. The minimum atomic E-state index is 0.277. The van der Waals surface area contributed by atoms with Crippen LogP contribution in [0.1, 0.15) is 57.3 Å². The highest BCUT2D eigenvalue weighted by Gasteiger charge is 2.22. The molecule has 2 atom stereocenters. The fraction of sp³-hybridized carbons (Fsp3) is 0.444. The summed E-state index contributed by atoms with van der Waals surface area (Å²) in [5.41, 5.74) is 2.89. The first-order valence-electron chi connectivity index (χ1n) is 7.40. The van der Waals surface area contributed by atoms with Crippen LogP contribution in [-0.2, 0) is 0 Å². The summed E-state index contributed by atoms with van der Waals surface area (Å²) in [6.07, 6.45) is 1.10. The van der Waals surface area contributed by atoms with Crippen molar-refractivity contribution in [3.8, 4) is 0 Å². The SMILES string of the molecule is CC(NC(CC(C)(C)C)c1ccccc1)c1csc(Cl)c1. The molecule has 0 amide bonds. The Morgan fingerprint density at radius 1 is 1.14 bits per heavy atom. The highest BCUT2D eigenvalue weighted by molar-refractivity contribution is 7.14. The van der Waals surface area contributed by atoms with E-state index in [0.717, 1.165) is 10.8 Å². The van der Waals surface area contributed by atoms with E-state index in [1.807, 2.05) is 0 Å². The summed E-state index contributed by atoms with van der Waals surface area (Å²) in [5.74, 6) is 0. The van der Waals surface area contributed by atoms with Gasteiger partial charge in [-0.2, -0.15) is 0 Å². The van der Waals surface area contributed by atoms with Gasteiger partial charge in [-0.1, -0.05) is 62.7 Å². The lowest BCUT2D eigenvalue weighted by Gasteiger charge is -2.29. The van der Waals surface area contributed by atoms with E-state index in [2.05, 4.69) is 74.8 Å². The molecule has 0 saturated carbocycles. The van der Waals surface area contributed by atoms with Gasteiger partial charge < -0.3 is 5.32 Å². The second-order valence-electron chi connectivity index (χ2n) is 6.80. The molecule has 1 aromatic carbocycles. The number of rotatable bonds is 5. The van der Waals surface area contributed by atoms with Gasteiger partial charge in [0, 0.05) is 12.1 Å². The van der Waals surface area contributed by atoms with E-state index in [9.17, 15) is 0 Å². The van der Waals surface area contributed by atoms with Gasteiger partial charge in [0.2, 0.25) is 0 Å². The molecule has 0 bridgehead atoms. The molecule has 0 aliphatic rings. The maximum absolute atomic E-state index is 6.06. The summed E-state index contributed by atoms with van der Waals surface area (Å²) in [6, 6.07) is 13.4. The van der Waals surface area contributed by atoms with Crippen molar-refractivity contribution in [2.75, 3.05) is 0 Å². The molecule has 0 aliphatic carbocycles. The number of thiophene rings is 1. The maximum atomic E-state index is 6.06. The second kappa shape index (κ2) is 6.95. The van der Waals surface area contributed by atoms with Crippen molar-refractivity contribution < 1.29 is 0 Å². The predicted molar refractivity (Wildman–Crippen MR) is 94.1 cm³/mol. The fourth-order valence-electron chi connectivity index (χ4n) is 2.52. The van der Waals surface area contributed by atoms with Gasteiger partial charge in [0.1, 0.15) is 0 Å². The molecule has 2 aromatic rings. The van der Waals surface area contributed by atoms with E-state index in [4.69, 9.17) is 11.6 Å². The minimum Gasteiger partial charge on any atom is -0.303 e. The number of hydrogen-bond acceptors (Lipinski definition) is 2. The number of benzene rings is 1. The van der Waals surface area contributed by atoms with Gasteiger partial charge in [0.15, 0.2) is 0 Å². The van der Waals surface area contributed by atoms with E-state index in [1.54, 1.807) is 11.3 Å². The van der Waals surface area contributed by atoms with E-state index in [-0.39, 0.29) is 5.41 Å². The zero-order valence-electron chi connectivity index (χ0n) is 13.2. The highest BCUT2D eigenvalue weighted by Crippen LogP contribution is 2.32. The molecule has 1 heterocycles. The standard InChI is InChI=1S/C18H24ClNS/c1-13(15-10-17(19)21-12-15)20-16(11-18(2,3)4)14-8-6-5-7-9-14/h5-10,12-13,16,20H,11H2,1-4H3. The summed E-state index contributed by atoms with van der Waals surface area (Å²) in [4.78, 5) is 0. The smallest absolute Gasteiger partial charge is 0.0931 e. The third-order valence-electron chi connectivity index (χ3n) is 3.56. The molecule has 3 heteroatoms. The summed E-state index contributed by atoms with van der Waals surface area (Å²) < 4.78 is 0.853. The Balaban J connectivity index is 2.16. The molecule has 2 rings (SSSR count). The third-order valence-corrected chi connectivity index (χ3v) is 4.67. The molecular weight excluding hydrogens is 298 g/mol. The summed E-state index contributed by atoms with van der Waals surface area (Å²) in [5, 5.41) is 5.91. The zero-order valence-corrected chi connectivity index (χ0v) is 14.8. The number of nitrogens with one attached hydrogen (secondary N) is 1.